The van der Waals surface area contributed by atoms with E-state index in [0.29, 0.717) is 38.0 Å². The summed E-state index contributed by atoms with van der Waals surface area (Å²) in [5.74, 6) is -0.0802. The van der Waals surface area contributed by atoms with Crippen molar-refractivity contribution in [3.05, 3.63) is 42.5 Å². The van der Waals surface area contributed by atoms with Gasteiger partial charge in [0.1, 0.15) is 18.2 Å². The van der Waals surface area contributed by atoms with Crippen LogP contribution in [0, 0.1) is 5.92 Å². The van der Waals surface area contributed by atoms with Gasteiger partial charge in [-0.3, -0.25) is 19.5 Å². The van der Waals surface area contributed by atoms with Gasteiger partial charge in [-0.15, -0.1) is 10.2 Å². The van der Waals surface area contributed by atoms with E-state index in [4.69, 9.17) is 0 Å². The highest BCUT2D eigenvalue weighted by Crippen LogP contribution is 2.34. The monoisotopic (exact) mass is 396 g/mol. The van der Waals surface area contributed by atoms with Crippen LogP contribution in [0.25, 0.3) is 5.69 Å². The molecule has 0 bridgehead atoms. The van der Waals surface area contributed by atoms with Crippen LogP contribution in [0.2, 0.25) is 0 Å². The van der Waals surface area contributed by atoms with E-state index in [2.05, 4.69) is 15.5 Å². The Morgan fingerprint density at radius 1 is 1.17 bits per heavy atom. The minimum atomic E-state index is -0.845. The zero-order valence-electron chi connectivity index (χ0n) is 16.5. The summed E-state index contributed by atoms with van der Waals surface area (Å²) in [5, 5.41) is 10.0. The quantitative estimate of drug-likeness (QED) is 0.789. The van der Waals surface area contributed by atoms with E-state index in [0.717, 1.165) is 5.69 Å². The highest BCUT2D eigenvalue weighted by Gasteiger charge is 2.54. The molecular formula is C20H24N6O3. The molecule has 4 amide bonds. The molecule has 4 rings (SSSR count). The number of aromatic nitrogens is 3. The van der Waals surface area contributed by atoms with Crippen molar-refractivity contribution in [3.8, 4) is 5.69 Å². The van der Waals surface area contributed by atoms with E-state index in [9.17, 15) is 14.4 Å². The van der Waals surface area contributed by atoms with Crippen molar-refractivity contribution in [2.75, 3.05) is 19.6 Å². The molecule has 29 heavy (non-hydrogen) atoms. The summed E-state index contributed by atoms with van der Waals surface area (Å²) in [6, 6.07) is 6.94. The number of amides is 4. The molecule has 2 aliphatic rings. The fourth-order valence-electron chi connectivity index (χ4n) is 4.11. The molecule has 0 radical (unpaired) electrons. The molecule has 1 spiro atoms. The van der Waals surface area contributed by atoms with Crippen LogP contribution >= 0.6 is 0 Å². The lowest BCUT2D eigenvalue weighted by molar-refractivity contribution is -0.129. The Kier molecular flexibility index (Phi) is 4.81. The highest BCUT2D eigenvalue weighted by atomic mass is 16.2. The van der Waals surface area contributed by atoms with E-state index in [-0.39, 0.29) is 23.8 Å². The fourth-order valence-corrected chi connectivity index (χ4v) is 4.11. The minimum absolute atomic E-state index is 0.0880. The van der Waals surface area contributed by atoms with E-state index < -0.39 is 5.54 Å². The summed E-state index contributed by atoms with van der Waals surface area (Å²) in [5.41, 5.74) is 0.527. The van der Waals surface area contributed by atoms with Crippen LogP contribution in [0.3, 0.4) is 0 Å². The predicted molar refractivity (Wildman–Crippen MR) is 104 cm³/mol. The Hall–Kier alpha value is -3.23. The molecule has 2 aliphatic heterocycles. The van der Waals surface area contributed by atoms with Crippen molar-refractivity contribution in [2.45, 2.75) is 32.2 Å². The van der Waals surface area contributed by atoms with E-state index >= 15 is 0 Å². The van der Waals surface area contributed by atoms with Gasteiger partial charge in [0.2, 0.25) is 0 Å². The number of carbonyl (C=O) groups is 3. The number of benzene rings is 1. The second-order valence-electron chi connectivity index (χ2n) is 8.01. The zero-order chi connectivity index (χ0) is 20.6. The van der Waals surface area contributed by atoms with Gasteiger partial charge in [-0.05, 0) is 37.0 Å². The third-order valence-electron chi connectivity index (χ3n) is 5.64. The van der Waals surface area contributed by atoms with Gasteiger partial charge in [-0.2, -0.15) is 0 Å². The first-order valence-electron chi connectivity index (χ1n) is 9.78. The number of nitrogens with one attached hydrogen (secondary N) is 1. The lowest BCUT2D eigenvalue weighted by Crippen LogP contribution is -2.58. The Morgan fingerprint density at radius 2 is 1.86 bits per heavy atom. The first-order valence-corrected chi connectivity index (χ1v) is 9.78. The summed E-state index contributed by atoms with van der Waals surface area (Å²) in [4.78, 5) is 41.3. The summed E-state index contributed by atoms with van der Waals surface area (Å²) in [6.45, 7) is 5.40. The molecule has 1 aromatic carbocycles. The second kappa shape index (κ2) is 7.31. The van der Waals surface area contributed by atoms with Gasteiger partial charge in [0.25, 0.3) is 11.8 Å². The van der Waals surface area contributed by atoms with Gasteiger partial charge >= 0.3 is 6.03 Å². The molecule has 3 heterocycles. The number of likely N-dealkylation sites (tertiary alicyclic amines) is 1. The maximum atomic E-state index is 13.0. The van der Waals surface area contributed by atoms with E-state index in [1.807, 2.05) is 26.0 Å². The molecule has 0 aliphatic carbocycles. The molecule has 1 N–H and O–H groups in total. The largest absolute Gasteiger partial charge is 0.338 e. The molecule has 9 nitrogen and oxygen atoms in total. The summed E-state index contributed by atoms with van der Waals surface area (Å²) < 4.78 is 1.74. The highest BCUT2D eigenvalue weighted by molar-refractivity contribution is 6.07. The Bertz CT molecular complexity index is 931. The van der Waals surface area contributed by atoms with Gasteiger partial charge < -0.3 is 9.80 Å². The van der Waals surface area contributed by atoms with Crippen molar-refractivity contribution in [3.63, 3.8) is 0 Å². The summed E-state index contributed by atoms with van der Waals surface area (Å²) in [6.07, 6.45) is 4.03. The zero-order valence-corrected chi connectivity index (χ0v) is 16.5. The number of rotatable bonds is 4. The predicted octanol–water partition coefficient (Wildman–Crippen LogP) is 1.45. The Morgan fingerprint density at radius 3 is 2.52 bits per heavy atom. The lowest BCUT2D eigenvalue weighted by atomic mass is 9.85. The number of imide groups is 1. The standard InChI is InChI=1S/C20H24N6O3/c1-14(2)11-26-19(29)23-18(28)20(26)6-8-24(9-7-20)17(27)15-4-3-5-16(10-15)25-12-21-22-13-25/h3-5,10,12-14H,6-9,11H2,1-2H3,(H,23,28,29). The normalized spacial score (nSPS) is 18.6. The second-order valence-corrected chi connectivity index (χ2v) is 8.01. The van der Waals surface area contributed by atoms with Crippen molar-refractivity contribution in [1.29, 1.82) is 0 Å². The van der Waals surface area contributed by atoms with Gasteiger partial charge in [-0.25, -0.2) is 4.79 Å². The molecule has 0 unspecified atom stereocenters. The van der Waals surface area contributed by atoms with Crippen LogP contribution in [-0.4, -0.2) is 67.6 Å². The number of hydrogen-bond donors (Lipinski definition) is 1. The van der Waals surface area contributed by atoms with Crippen molar-refractivity contribution < 1.29 is 14.4 Å². The first-order chi connectivity index (χ1) is 13.9. The SMILES string of the molecule is CC(C)CN1C(=O)NC(=O)C12CCN(C(=O)c1cccc(-n3cnnc3)c1)CC2. The minimum Gasteiger partial charge on any atom is -0.338 e. The lowest BCUT2D eigenvalue weighted by Gasteiger charge is -2.42. The van der Waals surface area contributed by atoms with Crippen LogP contribution in [0.4, 0.5) is 4.79 Å². The average Bonchev–Trinajstić information content (AvgIpc) is 3.32. The molecule has 0 atom stereocenters. The molecule has 1 aromatic heterocycles. The molecule has 2 saturated heterocycles. The molecule has 0 saturated carbocycles. The number of hydrogen-bond acceptors (Lipinski definition) is 5. The molecule has 2 aromatic rings. The number of carbonyl (C=O) groups excluding carboxylic acids is 3. The Balaban J connectivity index is 1.50. The maximum absolute atomic E-state index is 13.0. The summed E-state index contributed by atoms with van der Waals surface area (Å²) >= 11 is 0. The fraction of sp³-hybridized carbons (Fsp3) is 0.450. The molecule has 9 heteroatoms. The van der Waals surface area contributed by atoms with Crippen molar-refractivity contribution in [2.24, 2.45) is 5.92 Å². The Labute approximate surface area is 168 Å². The van der Waals surface area contributed by atoms with Crippen LogP contribution in [0.15, 0.2) is 36.9 Å². The van der Waals surface area contributed by atoms with E-state index in [1.165, 1.54) is 0 Å². The van der Waals surface area contributed by atoms with Crippen LogP contribution in [0.1, 0.15) is 37.0 Å². The van der Waals surface area contributed by atoms with Crippen LogP contribution in [0.5, 0.6) is 0 Å². The van der Waals surface area contributed by atoms with Gasteiger partial charge in [0.15, 0.2) is 0 Å². The van der Waals surface area contributed by atoms with Gasteiger partial charge in [0.05, 0.1) is 0 Å². The van der Waals surface area contributed by atoms with E-state index in [1.54, 1.807) is 39.2 Å². The molecule has 152 valence electrons. The number of piperidine rings is 1. The average molecular weight is 396 g/mol. The smallest absolute Gasteiger partial charge is 0.325 e. The van der Waals surface area contributed by atoms with Crippen molar-refractivity contribution >= 4 is 17.8 Å². The molecular weight excluding hydrogens is 372 g/mol. The first kappa shape index (κ1) is 19.1. The topological polar surface area (TPSA) is 100 Å². The van der Waals surface area contributed by atoms with Crippen LogP contribution in [-0.2, 0) is 4.79 Å². The maximum Gasteiger partial charge on any atom is 0.325 e. The third kappa shape index (κ3) is 3.37. The third-order valence-corrected chi connectivity index (χ3v) is 5.64. The van der Waals surface area contributed by atoms with Gasteiger partial charge in [-0.1, -0.05) is 19.9 Å². The van der Waals surface area contributed by atoms with Crippen molar-refractivity contribution in [1.82, 2.24) is 29.9 Å². The van der Waals surface area contributed by atoms with Crippen LogP contribution < -0.4 is 5.32 Å². The number of urea groups is 1. The molecule has 2 fully saturated rings. The summed E-state index contributed by atoms with van der Waals surface area (Å²) in [7, 11) is 0. The number of nitrogens with zero attached hydrogens (tertiary/aromatic N) is 5. The van der Waals surface area contributed by atoms with Gasteiger partial charge in [0, 0.05) is 30.9 Å².